The van der Waals surface area contributed by atoms with E-state index in [9.17, 15) is 0 Å². The van der Waals surface area contributed by atoms with Crippen molar-refractivity contribution in [1.82, 2.24) is 4.57 Å². The fraction of sp³-hybridized carbons (Fsp3) is 0.167. The Morgan fingerprint density at radius 2 is 1.38 bits per heavy atom. The van der Waals surface area contributed by atoms with Crippen molar-refractivity contribution in [3.63, 3.8) is 0 Å². The molecule has 1 nitrogen and oxygen atoms in total. The maximum atomic E-state index is 2.47. The highest BCUT2D eigenvalue weighted by atomic mass is 127. The van der Waals surface area contributed by atoms with E-state index in [1.165, 1.54) is 49.7 Å². The number of hydrogen-bond acceptors (Lipinski definition) is 0. The van der Waals surface area contributed by atoms with Crippen LogP contribution >= 0.6 is 22.6 Å². The van der Waals surface area contributed by atoms with Crippen LogP contribution in [-0.4, -0.2) is 4.57 Å². The molecule has 0 spiro atoms. The lowest BCUT2D eigenvalue weighted by Gasteiger charge is -2.11. The molecule has 0 unspecified atom stereocenters. The lowest BCUT2D eigenvalue weighted by atomic mass is 10.0. The molecule has 0 aliphatic rings. The first kappa shape index (κ1) is 17.3. The number of nitrogens with zero attached hydrogens (tertiary/aromatic N) is 1. The minimum Gasteiger partial charge on any atom is -0.340 e. The van der Waals surface area contributed by atoms with Gasteiger partial charge in [0.1, 0.15) is 0 Å². The quantitative estimate of drug-likeness (QED) is 0.279. The molecule has 0 fully saturated rings. The number of aryl methyl sites for hydroxylation is 1. The fourth-order valence-corrected chi connectivity index (χ4v) is 3.84. The zero-order chi connectivity index (χ0) is 17.9. The number of hydrogen-bond donors (Lipinski definition) is 0. The second-order valence-corrected chi connectivity index (χ2v) is 7.92. The van der Waals surface area contributed by atoms with Gasteiger partial charge in [0.05, 0.1) is 0 Å². The van der Waals surface area contributed by atoms with Gasteiger partial charge in [-0.2, -0.15) is 0 Å². The molecule has 0 aliphatic heterocycles. The topological polar surface area (TPSA) is 4.93 Å². The van der Waals surface area contributed by atoms with Crippen molar-refractivity contribution >= 4 is 33.5 Å². The number of fused-ring (bicyclic) bond motifs is 1. The predicted molar refractivity (Wildman–Crippen MR) is 120 cm³/mol. The summed E-state index contributed by atoms with van der Waals surface area (Å²) < 4.78 is 3.74. The number of para-hydroxylation sites is 1. The fourth-order valence-electron chi connectivity index (χ4n) is 3.48. The van der Waals surface area contributed by atoms with Crippen molar-refractivity contribution in [2.75, 3.05) is 0 Å². The molecule has 0 amide bonds. The maximum absolute atomic E-state index is 2.47. The summed E-state index contributed by atoms with van der Waals surface area (Å²) in [5, 5.41) is 1.32. The van der Waals surface area contributed by atoms with E-state index in [2.05, 4.69) is 113 Å². The molecular weight excluding hydrogens is 429 g/mol. The summed E-state index contributed by atoms with van der Waals surface area (Å²) in [6, 6.07) is 28.7. The third kappa shape index (κ3) is 3.43. The van der Waals surface area contributed by atoms with Crippen molar-refractivity contribution in [1.29, 1.82) is 0 Å². The first-order valence-corrected chi connectivity index (χ1v) is 10.3. The van der Waals surface area contributed by atoms with Crippen LogP contribution in [0.25, 0.3) is 33.3 Å². The Labute approximate surface area is 168 Å². The minimum atomic E-state index is 1.07. The Morgan fingerprint density at radius 1 is 0.769 bits per heavy atom. The van der Waals surface area contributed by atoms with Crippen molar-refractivity contribution in [3.05, 3.63) is 82.4 Å². The molecule has 26 heavy (non-hydrogen) atoms. The largest absolute Gasteiger partial charge is 0.340 e. The Hall–Kier alpha value is -2.07. The Bertz CT molecular complexity index is 1010. The minimum absolute atomic E-state index is 1.07. The number of halogens is 1. The standard InChI is InChI=1S/C24H22IN/c1-2-3-16-26-23-7-5-4-6-21(23)17-24(26)20-10-8-18(9-11-20)19-12-14-22(25)15-13-19/h4-15,17H,2-3,16H2,1H3. The van der Waals surface area contributed by atoms with Crippen LogP contribution in [0.1, 0.15) is 19.8 Å². The lowest BCUT2D eigenvalue weighted by molar-refractivity contribution is 0.654. The van der Waals surface area contributed by atoms with Gasteiger partial charge < -0.3 is 4.57 Å². The normalized spacial score (nSPS) is 11.2. The zero-order valence-electron chi connectivity index (χ0n) is 15.0. The highest BCUT2D eigenvalue weighted by molar-refractivity contribution is 14.1. The van der Waals surface area contributed by atoms with E-state index in [4.69, 9.17) is 0 Å². The van der Waals surface area contributed by atoms with Crippen LogP contribution in [0.15, 0.2) is 78.9 Å². The summed E-state index contributed by atoms with van der Waals surface area (Å²) in [4.78, 5) is 0. The lowest BCUT2D eigenvalue weighted by Crippen LogP contribution is -1.99. The van der Waals surface area contributed by atoms with Gasteiger partial charge in [0, 0.05) is 26.7 Å². The Balaban J connectivity index is 1.74. The van der Waals surface area contributed by atoms with E-state index in [0.717, 1.165) is 6.54 Å². The molecule has 0 N–H and O–H groups in total. The SMILES string of the molecule is CCCCn1c(-c2ccc(-c3ccc(I)cc3)cc2)cc2ccccc21. The van der Waals surface area contributed by atoms with Gasteiger partial charge in [-0.25, -0.2) is 0 Å². The molecule has 0 aliphatic carbocycles. The average Bonchev–Trinajstić information content (AvgIpc) is 3.06. The molecule has 3 aromatic carbocycles. The monoisotopic (exact) mass is 451 g/mol. The summed E-state index contributed by atoms with van der Waals surface area (Å²) in [7, 11) is 0. The molecule has 0 atom stereocenters. The number of unbranched alkanes of at least 4 members (excludes halogenated alkanes) is 1. The second kappa shape index (κ2) is 7.67. The van der Waals surface area contributed by atoms with Crippen LogP contribution < -0.4 is 0 Å². The van der Waals surface area contributed by atoms with Gasteiger partial charge in [0.2, 0.25) is 0 Å². The number of benzene rings is 3. The van der Waals surface area contributed by atoms with Gasteiger partial charge in [0.15, 0.2) is 0 Å². The molecule has 0 saturated heterocycles. The first-order valence-electron chi connectivity index (χ1n) is 9.21. The third-order valence-electron chi connectivity index (χ3n) is 4.90. The molecular formula is C24H22IN. The van der Waals surface area contributed by atoms with Gasteiger partial charge in [0.25, 0.3) is 0 Å². The van der Waals surface area contributed by atoms with E-state index in [1.807, 2.05) is 0 Å². The number of aromatic nitrogens is 1. The van der Waals surface area contributed by atoms with Crippen LogP contribution in [0.2, 0.25) is 0 Å². The molecule has 1 heterocycles. The molecule has 2 heteroatoms. The van der Waals surface area contributed by atoms with Crippen molar-refractivity contribution in [2.45, 2.75) is 26.3 Å². The van der Waals surface area contributed by atoms with Crippen LogP contribution in [0.5, 0.6) is 0 Å². The zero-order valence-corrected chi connectivity index (χ0v) is 17.1. The maximum Gasteiger partial charge on any atom is 0.0491 e. The van der Waals surface area contributed by atoms with Crippen molar-refractivity contribution < 1.29 is 0 Å². The van der Waals surface area contributed by atoms with Gasteiger partial charge in [-0.1, -0.05) is 67.9 Å². The predicted octanol–water partition coefficient (Wildman–Crippen LogP) is 7.38. The highest BCUT2D eigenvalue weighted by Crippen LogP contribution is 2.30. The molecule has 1 aromatic heterocycles. The van der Waals surface area contributed by atoms with Gasteiger partial charge in [-0.05, 0) is 70.0 Å². The van der Waals surface area contributed by atoms with E-state index in [0.29, 0.717) is 0 Å². The van der Waals surface area contributed by atoms with Crippen LogP contribution in [0.3, 0.4) is 0 Å². The first-order chi connectivity index (χ1) is 12.8. The molecule has 0 saturated carbocycles. The van der Waals surface area contributed by atoms with E-state index in [1.54, 1.807) is 0 Å². The molecule has 130 valence electrons. The van der Waals surface area contributed by atoms with Crippen molar-refractivity contribution in [3.8, 4) is 22.4 Å². The average molecular weight is 451 g/mol. The summed E-state index contributed by atoms with van der Waals surface area (Å²) in [5.41, 5.74) is 6.46. The highest BCUT2D eigenvalue weighted by Gasteiger charge is 2.10. The van der Waals surface area contributed by atoms with E-state index >= 15 is 0 Å². The van der Waals surface area contributed by atoms with Crippen molar-refractivity contribution in [2.24, 2.45) is 0 Å². The molecule has 0 bridgehead atoms. The summed E-state index contributed by atoms with van der Waals surface area (Å²) >= 11 is 2.35. The summed E-state index contributed by atoms with van der Waals surface area (Å²) in [6.45, 7) is 3.32. The Morgan fingerprint density at radius 3 is 2.08 bits per heavy atom. The smallest absolute Gasteiger partial charge is 0.0491 e. The Kier molecular flexibility index (Phi) is 5.11. The van der Waals surface area contributed by atoms with Gasteiger partial charge >= 0.3 is 0 Å². The molecule has 4 rings (SSSR count). The summed E-state index contributed by atoms with van der Waals surface area (Å²) in [5.74, 6) is 0. The second-order valence-electron chi connectivity index (χ2n) is 6.68. The molecule has 4 aromatic rings. The van der Waals surface area contributed by atoms with Gasteiger partial charge in [-0.15, -0.1) is 0 Å². The third-order valence-corrected chi connectivity index (χ3v) is 5.62. The van der Waals surface area contributed by atoms with Crippen LogP contribution in [0, 0.1) is 3.57 Å². The van der Waals surface area contributed by atoms with Gasteiger partial charge in [-0.3, -0.25) is 0 Å². The number of rotatable bonds is 5. The van der Waals surface area contributed by atoms with Crippen LogP contribution in [0.4, 0.5) is 0 Å². The van der Waals surface area contributed by atoms with E-state index in [-0.39, 0.29) is 0 Å². The summed E-state index contributed by atoms with van der Waals surface area (Å²) in [6.07, 6.45) is 2.41. The molecule has 0 radical (unpaired) electrons. The van der Waals surface area contributed by atoms with E-state index < -0.39 is 0 Å². The van der Waals surface area contributed by atoms with Crippen LogP contribution in [-0.2, 0) is 6.54 Å².